The zero-order valence-corrected chi connectivity index (χ0v) is 20.1. The number of nitro benzene ring substituents is 1. The van der Waals surface area contributed by atoms with E-state index >= 15 is 0 Å². The summed E-state index contributed by atoms with van der Waals surface area (Å²) in [5.74, 6) is 0.296. The fourth-order valence-corrected chi connectivity index (χ4v) is 6.12. The number of benzene rings is 1. The van der Waals surface area contributed by atoms with E-state index in [-0.39, 0.29) is 10.6 Å². The Bertz CT molecular complexity index is 871. The Hall–Kier alpha value is -1.75. The minimum Gasteiger partial charge on any atom is -0.379 e. The maximum absolute atomic E-state index is 13.0. The molecule has 10 heteroatoms. The zero-order chi connectivity index (χ0) is 23.1. The quantitative estimate of drug-likeness (QED) is 0.321. The fraction of sp³-hybridized carbons (Fsp3) is 0.727. The van der Waals surface area contributed by atoms with Crippen LogP contribution in [0.25, 0.3) is 0 Å². The van der Waals surface area contributed by atoms with Gasteiger partial charge in [-0.15, -0.1) is 0 Å². The van der Waals surface area contributed by atoms with Gasteiger partial charge in [-0.1, -0.05) is 13.8 Å². The van der Waals surface area contributed by atoms with E-state index in [1.54, 1.807) is 0 Å². The Morgan fingerprint density at radius 1 is 1.12 bits per heavy atom. The molecular weight excluding hydrogens is 430 g/mol. The molecule has 0 amide bonds. The van der Waals surface area contributed by atoms with Gasteiger partial charge in [-0.2, -0.15) is 4.31 Å². The summed E-state index contributed by atoms with van der Waals surface area (Å²) < 4.78 is 27.4. The predicted molar refractivity (Wildman–Crippen MR) is 127 cm³/mol. The molecule has 0 radical (unpaired) electrons. The molecule has 0 saturated carbocycles. The van der Waals surface area contributed by atoms with Gasteiger partial charge in [-0.05, 0) is 56.8 Å². The van der Waals surface area contributed by atoms with Crippen LogP contribution in [0.4, 0.5) is 11.4 Å². The summed E-state index contributed by atoms with van der Waals surface area (Å²) in [6.45, 7) is 12.3. The number of rotatable bonds is 10. The van der Waals surface area contributed by atoms with Gasteiger partial charge in [0.05, 0.1) is 9.82 Å². The zero-order valence-electron chi connectivity index (χ0n) is 19.3. The van der Waals surface area contributed by atoms with Gasteiger partial charge in [0, 0.05) is 51.9 Å². The minimum absolute atomic E-state index is 0.00456. The van der Waals surface area contributed by atoms with Crippen molar-refractivity contribution >= 4 is 21.4 Å². The standard InChI is InChI=1S/C22H37N5O4S/c1-3-24-13-15-25(16-14-24)11-5-4-10-23-21-9-8-20(17-22(21)27(28)29)32(30,31)26-12-6-7-19(2)18-26/h8-9,17,19,23H,3-7,10-16,18H2,1-2H3/t19-/m0/s1. The van der Waals surface area contributed by atoms with Crippen LogP contribution in [0, 0.1) is 16.0 Å². The van der Waals surface area contributed by atoms with Gasteiger partial charge >= 0.3 is 0 Å². The highest BCUT2D eigenvalue weighted by Gasteiger charge is 2.30. The van der Waals surface area contributed by atoms with E-state index in [0.29, 0.717) is 31.2 Å². The highest BCUT2D eigenvalue weighted by Crippen LogP contribution is 2.30. The SMILES string of the molecule is CCN1CCN(CCCCNc2ccc(S(=O)(=O)N3CCC[C@H](C)C3)cc2[N+](=O)[O-])CC1. The number of piperazine rings is 1. The van der Waals surface area contributed by atoms with Gasteiger partial charge in [0.25, 0.3) is 5.69 Å². The molecule has 1 N–H and O–H groups in total. The third-order valence-electron chi connectivity index (χ3n) is 6.55. The van der Waals surface area contributed by atoms with Crippen molar-refractivity contribution in [3.63, 3.8) is 0 Å². The number of nitrogens with zero attached hydrogens (tertiary/aromatic N) is 4. The summed E-state index contributed by atoms with van der Waals surface area (Å²) >= 11 is 0. The van der Waals surface area contributed by atoms with Gasteiger partial charge in [0.15, 0.2) is 0 Å². The van der Waals surface area contributed by atoms with E-state index in [0.717, 1.165) is 65.0 Å². The average Bonchev–Trinajstić information content (AvgIpc) is 2.79. The number of nitro groups is 1. The lowest BCUT2D eigenvalue weighted by Gasteiger charge is -2.34. The molecule has 1 aromatic carbocycles. The summed E-state index contributed by atoms with van der Waals surface area (Å²) in [6.07, 6.45) is 3.74. The van der Waals surface area contributed by atoms with Crippen LogP contribution >= 0.6 is 0 Å². The normalized spacial score (nSPS) is 21.5. The van der Waals surface area contributed by atoms with E-state index in [1.165, 1.54) is 22.5 Å². The second-order valence-electron chi connectivity index (χ2n) is 8.96. The Balaban J connectivity index is 1.54. The number of piperidine rings is 1. The summed E-state index contributed by atoms with van der Waals surface area (Å²) in [5.41, 5.74) is 0.185. The Labute approximate surface area is 192 Å². The molecule has 0 aliphatic carbocycles. The summed E-state index contributed by atoms with van der Waals surface area (Å²) in [7, 11) is -3.72. The lowest BCUT2D eigenvalue weighted by molar-refractivity contribution is -0.384. The molecule has 2 saturated heterocycles. The minimum atomic E-state index is -3.72. The molecule has 9 nitrogen and oxygen atoms in total. The lowest BCUT2D eigenvalue weighted by Crippen LogP contribution is -2.46. The van der Waals surface area contributed by atoms with Crippen molar-refractivity contribution in [3.05, 3.63) is 28.3 Å². The molecule has 2 aliphatic heterocycles. The van der Waals surface area contributed by atoms with Gasteiger partial charge in [-0.3, -0.25) is 10.1 Å². The van der Waals surface area contributed by atoms with E-state index in [1.807, 2.05) is 6.92 Å². The number of hydrogen-bond acceptors (Lipinski definition) is 7. The van der Waals surface area contributed by atoms with Crippen molar-refractivity contribution in [2.45, 2.75) is 44.4 Å². The van der Waals surface area contributed by atoms with Crippen LogP contribution in [0.1, 0.15) is 39.5 Å². The maximum Gasteiger partial charge on any atom is 0.293 e. The molecule has 1 atom stereocenters. The van der Waals surface area contributed by atoms with Gasteiger partial charge in [0.2, 0.25) is 10.0 Å². The first-order valence-electron chi connectivity index (χ1n) is 11.8. The van der Waals surface area contributed by atoms with Crippen LogP contribution in [-0.4, -0.2) is 86.3 Å². The molecule has 0 aromatic heterocycles. The van der Waals surface area contributed by atoms with Crippen LogP contribution in [0.15, 0.2) is 23.1 Å². The van der Waals surface area contributed by atoms with Crippen LogP contribution in [0.3, 0.4) is 0 Å². The first-order valence-corrected chi connectivity index (χ1v) is 13.2. The molecule has 2 aliphatic rings. The molecule has 1 aromatic rings. The molecule has 2 heterocycles. The average molecular weight is 468 g/mol. The predicted octanol–water partition coefficient (Wildman–Crippen LogP) is 2.85. The van der Waals surface area contributed by atoms with Gasteiger partial charge < -0.3 is 15.1 Å². The monoisotopic (exact) mass is 467 g/mol. The fourth-order valence-electron chi connectivity index (χ4n) is 4.50. The first-order chi connectivity index (χ1) is 15.3. The molecule has 32 heavy (non-hydrogen) atoms. The van der Waals surface area contributed by atoms with Crippen molar-refractivity contribution in [1.29, 1.82) is 0 Å². The third-order valence-corrected chi connectivity index (χ3v) is 8.41. The van der Waals surface area contributed by atoms with Crippen molar-refractivity contribution in [2.75, 3.05) is 64.2 Å². The summed E-state index contributed by atoms with van der Waals surface area (Å²) in [5, 5.41) is 14.8. The number of likely N-dealkylation sites (N-methyl/N-ethyl adjacent to an activating group) is 1. The largest absolute Gasteiger partial charge is 0.379 e. The third kappa shape index (κ3) is 6.40. The molecular formula is C22H37N5O4S. The van der Waals surface area contributed by atoms with E-state index in [9.17, 15) is 18.5 Å². The molecule has 0 unspecified atom stereocenters. The van der Waals surface area contributed by atoms with Gasteiger partial charge in [-0.25, -0.2) is 8.42 Å². The molecule has 0 spiro atoms. The first kappa shape index (κ1) is 24.9. The van der Waals surface area contributed by atoms with Crippen molar-refractivity contribution in [1.82, 2.24) is 14.1 Å². The maximum atomic E-state index is 13.0. The van der Waals surface area contributed by atoms with Crippen LogP contribution in [0.5, 0.6) is 0 Å². The molecule has 0 bridgehead atoms. The van der Waals surface area contributed by atoms with Crippen molar-refractivity contribution < 1.29 is 13.3 Å². The highest BCUT2D eigenvalue weighted by molar-refractivity contribution is 7.89. The Morgan fingerprint density at radius 2 is 1.84 bits per heavy atom. The number of hydrogen-bond donors (Lipinski definition) is 1. The molecule has 180 valence electrons. The number of anilines is 1. The Morgan fingerprint density at radius 3 is 2.50 bits per heavy atom. The van der Waals surface area contributed by atoms with Crippen molar-refractivity contribution in [2.24, 2.45) is 5.92 Å². The second-order valence-corrected chi connectivity index (χ2v) is 10.9. The summed E-state index contributed by atoms with van der Waals surface area (Å²) in [4.78, 5) is 16.0. The van der Waals surface area contributed by atoms with Crippen molar-refractivity contribution in [3.8, 4) is 0 Å². The van der Waals surface area contributed by atoms with E-state index < -0.39 is 14.9 Å². The molecule has 2 fully saturated rings. The summed E-state index contributed by atoms with van der Waals surface area (Å²) in [6, 6.07) is 4.21. The Kier molecular flexibility index (Phi) is 8.87. The highest BCUT2D eigenvalue weighted by atomic mass is 32.2. The number of sulfonamides is 1. The van der Waals surface area contributed by atoms with Gasteiger partial charge in [0.1, 0.15) is 5.69 Å². The second kappa shape index (κ2) is 11.4. The smallest absolute Gasteiger partial charge is 0.293 e. The van der Waals surface area contributed by atoms with E-state index in [2.05, 4.69) is 22.0 Å². The topological polar surface area (TPSA) is 99.0 Å². The van der Waals surface area contributed by atoms with Crippen LogP contribution in [-0.2, 0) is 10.0 Å². The van der Waals surface area contributed by atoms with E-state index in [4.69, 9.17) is 0 Å². The molecule has 3 rings (SSSR count). The van der Waals surface area contributed by atoms with Crippen LogP contribution < -0.4 is 5.32 Å². The number of nitrogens with one attached hydrogen (secondary N) is 1. The number of unbranched alkanes of at least 4 members (excludes halogenated alkanes) is 1. The lowest BCUT2D eigenvalue weighted by atomic mass is 10.0. The van der Waals surface area contributed by atoms with Crippen LogP contribution in [0.2, 0.25) is 0 Å².